The Morgan fingerprint density at radius 1 is 1.05 bits per heavy atom. The highest BCUT2D eigenvalue weighted by Crippen LogP contribution is 2.28. The van der Waals surface area contributed by atoms with E-state index in [9.17, 15) is 9.59 Å². The standard InChI is InChI=1S/C17H15BrN2O2/c1-12-16(21)20(15-9-5-8-14(18)10-15)17(22)19(12)11-13-6-3-2-4-7-13/h2-10,12H,11H2,1H3/t12-/m0/s1. The molecule has 1 aliphatic heterocycles. The van der Waals surface area contributed by atoms with Gasteiger partial charge in [0.15, 0.2) is 0 Å². The normalized spacial score (nSPS) is 18.2. The van der Waals surface area contributed by atoms with Crippen LogP contribution in [0.4, 0.5) is 10.5 Å². The van der Waals surface area contributed by atoms with Crippen molar-refractivity contribution < 1.29 is 9.59 Å². The highest BCUT2D eigenvalue weighted by Gasteiger charge is 2.43. The van der Waals surface area contributed by atoms with Crippen LogP contribution in [0.1, 0.15) is 12.5 Å². The van der Waals surface area contributed by atoms with Crippen molar-refractivity contribution in [1.82, 2.24) is 4.90 Å². The van der Waals surface area contributed by atoms with Crippen LogP contribution < -0.4 is 4.90 Å². The maximum Gasteiger partial charge on any atom is 0.332 e. The second-order valence-electron chi connectivity index (χ2n) is 5.23. The zero-order valence-electron chi connectivity index (χ0n) is 12.1. The minimum absolute atomic E-state index is 0.195. The lowest BCUT2D eigenvalue weighted by Crippen LogP contribution is -2.33. The van der Waals surface area contributed by atoms with Gasteiger partial charge >= 0.3 is 6.03 Å². The minimum Gasteiger partial charge on any atom is -0.308 e. The van der Waals surface area contributed by atoms with Crippen LogP contribution in [0.15, 0.2) is 59.1 Å². The summed E-state index contributed by atoms with van der Waals surface area (Å²) in [7, 11) is 0. The van der Waals surface area contributed by atoms with Crippen molar-refractivity contribution in [2.75, 3.05) is 4.90 Å². The van der Waals surface area contributed by atoms with E-state index >= 15 is 0 Å². The summed E-state index contributed by atoms with van der Waals surface area (Å²) in [6, 6.07) is 16.1. The fourth-order valence-electron chi connectivity index (χ4n) is 2.55. The van der Waals surface area contributed by atoms with Crippen LogP contribution in [-0.4, -0.2) is 22.9 Å². The Morgan fingerprint density at radius 3 is 2.45 bits per heavy atom. The molecular formula is C17H15BrN2O2. The second-order valence-corrected chi connectivity index (χ2v) is 6.14. The maximum atomic E-state index is 12.7. The molecule has 0 aliphatic carbocycles. The van der Waals surface area contributed by atoms with E-state index in [-0.39, 0.29) is 11.9 Å². The number of carbonyl (C=O) groups excluding carboxylic acids is 2. The Morgan fingerprint density at radius 2 is 1.77 bits per heavy atom. The van der Waals surface area contributed by atoms with Crippen LogP contribution in [-0.2, 0) is 11.3 Å². The number of hydrogen-bond donors (Lipinski definition) is 0. The summed E-state index contributed by atoms with van der Waals surface area (Å²) < 4.78 is 0.833. The third-order valence-corrected chi connectivity index (χ3v) is 4.24. The Hall–Kier alpha value is -2.14. The van der Waals surface area contributed by atoms with Crippen LogP contribution in [0.3, 0.4) is 0 Å². The Bertz CT molecular complexity index is 718. The molecule has 0 unspecified atom stereocenters. The molecule has 112 valence electrons. The van der Waals surface area contributed by atoms with Gasteiger partial charge in [-0.15, -0.1) is 0 Å². The monoisotopic (exact) mass is 358 g/mol. The quantitative estimate of drug-likeness (QED) is 0.782. The molecule has 0 spiro atoms. The van der Waals surface area contributed by atoms with Gasteiger partial charge in [0.05, 0.1) is 5.69 Å². The smallest absolute Gasteiger partial charge is 0.308 e. The van der Waals surface area contributed by atoms with Gasteiger partial charge in [-0.25, -0.2) is 9.69 Å². The summed E-state index contributed by atoms with van der Waals surface area (Å²) in [6.07, 6.45) is 0. The van der Waals surface area contributed by atoms with Gasteiger partial charge in [-0.1, -0.05) is 52.3 Å². The number of halogens is 1. The van der Waals surface area contributed by atoms with E-state index in [0.717, 1.165) is 10.0 Å². The predicted octanol–water partition coefficient (Wildman–Crippen LogP) is 3.81. The van der Waals surface area contributed by atoms with Crippen molar-refractivity contribution in [2.24, 2.45) is 0 Å². The molecule has 1 aliphatic rings. The molecule has 5 heteroatoms. The largest absolute Gasteiger partial charge is 0.332 e. The number of urea groups is 1. The molecule has 0 aromatic heterocycles. The SMILES string of the molecule is C[C@H]1C(=O)N(c2cccc(Br)c2)C(=O)N1Cc1ccccc1. The number of nitrogens with zero attached hydrogens (tertiary/aromatic N) is 2. The molecule has 0 bridgehead atoms. The van der Waals surface area contributed by atoms with Crippen LogP contribution in [0.2, 0.25) is 0 Å². The van der Waals surface area contributed by atoms with Crippen LogP contribution in [0, 0.1) is 0 Å². The summed E-state index contributed by atoms with van der Waals surface area (Å²) in [5, 5.41) is 0. The van der Waals surface area contributed by atoms with E-state index in [1.165, 1.54) is 4.90 Å². The van der Waals surface area contributed by atoms with Gasteiger partial charge in [0.2, 0.25) is 0 Å². The lowest BCUT2D eigenvalue weighted by atomic mass is 10.2. The lowest BCUT2D eigenvalue weighted by Gasteiger charge is -2.19. The first kappa shape index (κ1) is 14.8. The maximum absolute atomic E-state index is 12.7. The van der Waals surface area contributed by atoms with E-state index in [2.05, 4.69) is 15.9 Å². The third-order valence-electron chi connectivity index (χ3n) is 3.74. The number of carbonyl (C=O) groups is 2. The third kappa shape index (κ3) is 2.64. The van der Waals surface area contributed by atoms with Gasteiger partial charge in [-0.3, -0.25) is 4.79 Å². The van der Waals surface area contributed by atoms with Gasteiger partial charge in [-0.05, 0) is 30.7 Å². The molecule has 0 saturated carbocycles. The van der Waals surface area contributed by atoms with Gasteiger partial charge < -0.3 is 4.90 Å². The number of rotatable bonds is 3. The van der Waals surface area contributed by atoms with Gasteiger partial charge in [0.25, 0.3) is 5.91 Å². The Labute approximate surface area is 137 Å². The first-order valence-corrected chi connectivity index (χ1v) is 7.81. The zero-order valence-corrected chi connectivity index (χ0v) is 13.7. The topological polar surface area (TPSA) is 40.6 Å². The summed E-state index contributed by atoms with van der Waals surface area (Å²) in [5.41, 5.74) is 1.60. The van der Waals surface area contributed by atoms with E-state index in [1.54, 1.807) is 24.0 Å². The summed E-state index contributed by atoms with van der Waals surface area (Å²) >= 11 is 3.37. The van der Waals surface area contributed by atoms with E-state index < -0.39 is 6.04 Å². The summed E-state index contributed by atoms with van der Waals surface area (Å²) in [6.45, 7) is 2.19. The molecule has 3 amide bonds. The number of hydrogen-bond acceptors (Lipinski definition) is 2. The first-order chi connectivity index (χ1) is 10.6. The molecule has 3 rings (SSSR count). The second kappa shape index (κ2) is 5.93. The van der Waals surface area contributed by atoms with Gasteiger partial charge in [0.1, 0.15) is 6.04 Å². The van der Waals surface area contributed by atoms with Gasteiger partial charge in [0, 0.05) is 11.0 Å². The first-order valence-electron chi connectivity index (χ1n) is 7.02. The molecule has 22 heavy (non-hydrogen) atoms. The van der Waals surface area contributed by atoms with Crippen LogP contribution >= 0.6 is 15.9 Å². The molecule has 0 radical (unpaired) electrons. The van der Waals surface area contributed by atoms with E-state index in [1.807, 2.05) is 42.5 Å². The minimum atomic E-state index is -0.466. The molecular weight excluding hydrogens is 344 g/mol. The molecule has 1 atom stereocenters. The molecule has 2 aromatic rings. The molecule has 4 nitrogen and oxygen atoms in total. The molecule has 1 saturated heterocycles. The lowest BCUT2D eigenvalue weighted by molar-refractivity contribution is -0.119. The van der Waals surface area contributed by atoms with Crippen molar-refractivity contribution in [3.05, 3.63) is 64.6 Å². The number of imide groups is 1. The number of benzene rings is 2. The molecule has 1 heterocycles. The molecule has 0 N–H and O–H groups in total. The van der Waals surface area contributed by atoms with Crippen molar-refractivity contribution >= 4 is 33.6 Å². The average molecular weight is 359 g/mol. The average Bonchev–Trinajstić information content (AvgIpc) is 2.72. The Kier molecular flexibility index (Phi) is 3.98. The van der Waals surface area contributed by atoms with Crippen molar-refractivity contribution in [2.45, 2.75) is 19.5 Å². The molecule has 2 aromatic carbocycles. The Balaban J connectivity index is 1.89. The molecule has 1 fully saturated rings. The zero-order chi connectivity index (χ0) is 15.7. The van der Waals surface area contributed by atoms with Crippen molar-refractivity contribution in [3.8, 4) is 0 Å². The summed E-state index contributed by atoms with van der Waals surface area (Å²) in [5.74, 6) is -0.195. The van der Waals surface area contributed by atoms with Crippen LogP contribution in [0.25, 0.3) is 0 Å². The number of anilines is 1. The fourth-order valence-corrected chi connectivity index (χ4v) is 2.93. The highest BCUT2D eigenvalue weighted by molar-refractivity contribution is 9.10. The van der Waals surface area contributed by atoms with Crippen LogP contribution in [0.5, 0.6) is 0 Å². The highest BCUT2D eigenvalue weighted by atomic mass is 79.9. The fraction of sp³-hybridized carbons (Fsp3) is 0.176. The van der Waals surface area contributed by atoms with Crippen molar-refractivity contribution in [1.29, 1.82) is 0 Å². The van der Waals surface area contributed by atoms with E-state index in [4.69, 9.17) is 0 Å². The predicted molar refractivity (Wildman–Crippen MR) is 88.5 cm³/mol. The van der Waals surface area contributed by atoms with Crippen molar-refractivity contribution in [3.63, 3.8) is 0 Å². The summed E-state index contributed by atoms with van der Waals surface area (Å²) in [4.78, 5) is 28.0. The number of amides is 3. The van der Waals surface area contributed by atoms with E-state index in [0.29, 0.717) is 12.2 Å². The van der Waals surface area contributed by atoms with Gasteiger partial charge in [-0.2, -0.15) is 0 Å².